The Morgan fingerprint density at radius 3 is 2.31 bits per heavy atom. The molecule has 9 heteroatoms. The van der Waals surface area contributed by atoms with Crippen molar-refractivity contribution in [2.75, 3.05) is 6.54 Å². The maximum atomic E-state index is 11.0. The van der Waals surface area contributed by atoms with Crippen LogP contribution in [0.15, 0.2) is 65.8 Å². The Balaban J connectivity index is 0.000000174. The fourth-order valence-electron chi connectivity index (χ4n) is 3.58. The molecule has 1 saturated heterocycles. The predicted molar refractivity (Wildman–Crippen MR) is 121 cm³/mol. The van der Waals surface area contributed by atoms with Crippen LogP contribution in [0.2, 0.25) is 5.02 Å². The Labute approximate surface area is 190 Å². The van der Waals surface area contributed by atoms with Crippen LogP contribution in [-0.2, 0) is 4.79 Å². The number of rotatable bonds is 4. The number of nitrogens with one attached hydrogen (secondary N) is 1. The van der Waals surface area contributed by atoms with Crippen LogP contribution < -0.4 is 0 Å². The molecule has 1 aliphatic heterocycles. The molecule has 5 rings (SSSR count). The van der Waals surface area contributed by atoms with Gasteiger partial charge in [0, 0.05) is 49.5 Å². The number of amides is 1. The molecule has 4 aromatic heterocycles. The molecule has 0 bridgehead atoms. The van der Waals surface area contributed by atoms with Gasteiger partial charge in [-0.15, -0.1) is 0 Å². The fourth-order valence-corrected chi connectivity index (χ4v) is 3.75. The number of H-pyrrole nitrogens is 1. The topological polar surface area (TPSA) is 101 Å². The number of halogens is 1. The molecule has 0 radical (unpaired) electrons. The number of hydrogen-bond acceptors (Lipinski definition) is 6. The average molecular weight is 451 g/mol. The number of likely N-dealkylation sites (tertiary alicyclic amines) is 1. The van der Waals surface area contributed by atoms with Gasteiger partial charge in [0.1, 0.15) is 5.69 Å². The van der Waals surface area contributed by atoms with Crippen molar-refractivity contribution in [1.29, 1.82) is 0 Å². The number of piperidine rings is 1. The van der Waals surface area contributed by atoms with Gasteiger partial charge in [-0.3, -0.25) is 14.8 Å². The Kier molecular flexibility index (Phi) is 6.91. The van der Waals surface area contributed by atoms with E-state index in [9.17, 15) is 4.79 Å². The van der Waals surface area contributed by atoms with E-state index in [2.05, 4.69) is 25.1 Å². The molecule has 2 atom stereocenters. The molecule has 4 aromatic rings. The molecule has 32 heavy (non-hydrogen) atoms. The zero-order chi connectivity index (χ0) is 22.3. The normalized spacial score (nSPS) is 18.0. The van der Waals surface area contributed by atoms with E-state index in [0.29, 0.717) is 29.0 Å². The first-order valence-electron chi connectivity index (χ1n) is 10.3. The standard InChI is InChI=1S/C13H15ClN4O2.C10H8N2/c1-8-2-3-9(6-18(8)7-19)12-16-13(20-17-12)11-4-10(14)5-15-11;1-5-11-6-2-9(1)10-3-7-12-8-4-10/h4-5,7-9,15H,2-3,6H2,1H3;1-8H/t8-,9+;/m1./s1. The van der Waals surface area contributed by atoms with Crippen molar-refractivity contribution in [2.24, 2.45) is 0 Å². The second-order valence-electron chi connectivity index (χ2n) is 7.59. The third-order valence-electron chi connectivity index (χ3n) is 5.44. The van der Waals surface area contributed by atoms with Crippen LogP contribution in [0.5, 0.6) is 0 Å². The lowest BCUT2D eigenvalue weighted by Crippen LogP contribution is -2.40. The summed E-state index contributed by atoms with van der Waals surface area (Å²) in [5.74, 6) is 1.19. The van der Waals surface area contributed by atoms with Gasteiger partial charge in [-0.05, 0) is 61.2 Å². The van der Waals surface area contributed by atoms with Crippen LogP contribution in [0, 0.1) is 0 Å². The van der Waals surface area contributed by atoms with E-state index >= 15 is 0 Å². The number of aromatic amines is 1. The number of carbonyl (C=O) groups is 1. The molecule has 1 N–H and O–H groups in total. The van der Waals surface area contributed by atoms with Gasteiger partial charge in [0.15, 0.2) is 5.82 Å². The van der Waals surface area contributed by atoms with Crippen LogP contribution in [0.3, 0.4) is 0 Å². The molecule has 1 amide bonds. The van der Waals surface area contributed by atoms with Gasteiger partial charge in [0.2, 0.25) is 6.41 Å². The predicted octanol–water partition coefficient (Wildman–Crippen LogP) is 4.59. The summed E-state index contributed by atoms with van der Waals surface area (Å²) in [4.78, 5) is 28.1. The van der Waals surface area contributed by atoms with Crippen molar-refractivity contribution < 1.29 is 9.32 Å². The molecule has 0 saturated carbocycles. The van der Waals surface area contributed by atoms with Crippen molar-refractivity contribution in [3.8, 4) is 22.7 Å². The molecular weight excluding hydrogens is 428 g/mol. The third kappa shape index (κ3) is 5.20. The molecule has 0 spiro atoms. The highest BCUT2D eigenvalue weighted by molar-refractivity contribution is 6.30. The third-order valence-corrected chi connectivity index (χ3v) is 5.66. The summed E-state index contributed by atoms with van der Waals surface area (Å²) < 4.78 is 5.26. The van der Waals surface area contributed by atoms with E-state index < -0.39 is 0 Å². The first-order valence-corrected chi connectivity index (χ1v) is 10.7. The molecule has 1 fully saturated rings. The minimum absolute atomic E-state index is 0.124. The molecule has 164 valence electrons. The van der Waals surface area contributed by atoms with Crippen molar-refractivity contribution in [3.63, 3.8) is 0 Å². The minimum atomic E-state index is 0.124. The lowest BCUT2D eigenvalue weighted by atomic mass is 9.93. The van der Waals surface area contributed by atoms with Crippen molar-refractivity contribution in [3.05, 3.63) is 72.2 Å². The molecule has 1 aliphatic rings. The maximum absolute atomic E-state index is 11.0. The maximum Gasteiger partial charge on any atom is 0.274 e. The lowest BCUT2D eigenvalue weighted by molar-refractivity contribution is -0.121. The molecule has 0 aromatic carbocycles. The van der Waals surface area contributed by atoms with Gasteiger partial charge >= 0.3 is 0 Å². The van der Waals surface area contributed by atoms with E-state index in [1.54, 1.807) is 42.0 Å². The highest BCUT2D eigenvalue weighted by atomic mass is 35.5. The van der Waals surface area contributed by atoms with Crippen LogP contribution in [0.25, 0.3) is 22.7 Å². The van der Waals surface area contributed by atoms with E-state index in [4.69, 9.17) is 16.1 Å². The SMILES string of the molecule is C[C@@H]1CC[C@H](c2noc(-c3cc(Cl)c[nH]3)n2)CN1C=O.c1cc(-c2ccncc2)ccn1. The summed E-state index contributed by atoms with van der Waals surface area (Å²) in [6.45, 7) is 2.68. The van der Waals surface area contributed by atoms with Gasteiger partial charge in [-0.1, -0.05) is 16.8 Å². The molecular formula is C23H23ClN6O2. The Morgan fingerprint density at radius 1 is 1.09 bits per heavy atom. The zero-order valence-electron chi connectivity index (χ0n) is 17.6. The second kappa shape index (κ2) is 10.2. The summed E-state index contributed by atoms with van der Waals surface area (Å²) in [5.41, 5.74) is 3.05. The number of aromatic nitrogens is 5. The second-order valence-corrected chi connectivity index (χ2v) is 8.02. The van der Waals surface area contributed by atoms with E-state index in [1.165, 1.54) is 11.1 Å². The minimum Gasteiger partial charge on any atom is -0.356 e. The zero-order valence-corrected chi connectivity index (χ0v) is 18.3. The molecule has 5 heterocycles. The Morgan fingerprint density at radius 2 is 1.75 bits per heavy atom. The largest absolute Gasteiger partial charge is 0.356 e. The van der Waals surface area contributed by atoms with Gasteiger partial charge in [0.25, 0.3) is 5.89 Å². The highest BCUT2D eigenvalue weighted by Gasteiger charge is 2.28. The number of pyridine rings is 2. The van der Waals surface area contributed by atoms with E-state index in [1.807, 2.05) is 31.2 Å². The molecule has 8 nitrogen and oxygen atoms in total. The van der Waals surface area contributed by atoms with Crippen molar-refractivity contribution >= 4 is 18.0 Å². The van der Waals surface area contributed by atoms with Crippen molar-refractivity contribution in [2.45, 2.75) is 31.7 Å². The molecule has 0 aliphatic carbocycles. The summed E-state index contributed by atoms with van der Waals surface area (Å²) in [5, 5.41) is 4.62. The van der Waals surface area contributed by atoms with Crippen LogP contribution >= 0.6 is 11.6 Å². The first kappa shape index (κ1) is 21.7. The number of nitrogens with zero attached hydrogens (tertiary/aromatic N) is 5. The van der Waals surface area contributed by atoms with Gasteiger partial charge in [-0.25, -0.2) is 0 Å². The Hall–Kier alpha value is -3.52. The van der Waals surface area contributed by atoms with Crippen molar-refractivity contribution in [1.82, 2.24) is 30.0 Å². The first-order chi connectivity index (χ1) is 15.6. The summed E-state index contributed by atoms with van der Waals surface area (Å²) in [6, 6.07) is 9.94. The lowest BCUT2D eigenvalue weighted by Gasteiger charge is -2.33. The van der Waals surface area contributed by atoms with Gasteiger partial charge < -0.3 is 14.4 Å². The van der Waals surface area contributed by atoms with Crippen LogP contribution in [0.1, 0.15) is 31.5 Å². The number of carbonyl (C=O) groups excluding carboxylic acids is 1. The quantitative estimate of drug-likeness (QED) is 0.456. The average Bonchev–Trinajstić information content (AvgIpc) is 3.50. The van der Waals surface area contributed by atoms with Gasteiger partial charge in [0.05, 0.1) is 5.02 Å². The fraction of sp³-hybridized carbons (Fsp3) is 0.261. The highest BCUT2D eigenvalue weighted by Crippen LogP contribution is 2.29. The smallest absolute Gasteiger partial charge is 0.274 e. The van der Waals surface area contributed by atoms with E-state index in [-0.39, 0.29) is 12.0 Å². The number of hydrogen-bond donors (Lipinski definition) is 1. The summed E-state index contributed by atoms with van der Waals surface area (Å²) >= 11 is 5.85. The van der Waals surface area contributed by atoms with Crippen LogP contribution in [-0.4, -0.2) is 49.0 Å². The monoisotopic (exact) mass is 450 g/mol. The Bertz CT molecular complexity index is 1090. The van der Waals surface area contributed by atoms with E-state index in [0.717, 1.165) is 19.3 Å². The van der Waals surface area contributed by atoms with Crippen LogP contribution in [0.4, 0.5) is 0 Å². The summed E-state index contributed by atoms with van der Waals surface area (Å²) in [7, 11) is 0. The van der Waals surface area contributed by atoms with Gasteiger partial charge in [-0.2, -0.15) is 4.98 Å². The molecule has 0 unspecified atom stereocenters. The summed E-state index contributed by atoms with van der Waals surface area (Å²) in [6.07, 6.45) is 11.6.